The number of hydrogen-bond acceptors (Lipinski definition) is 3. The zero-order valence-corrected chi connectivity index (χ0v) is 11.8. The maximum absolute atomic E-state index is 12.4. The fourth-order valence-electron chi connectivity index (χ4n) is 2.29. The van der Waals surface area contributed by atoms with E-state index in [9.17, 15) is 9.59 Å². The summed E-state index contributed by atoms with van der Waals surface area (Å²) in [4.78, 5) is 25.9. The van der Waals surface area contributed by atoms with Gasteiger partial charge >= 0.3 is 0 Å². The van der Waals surface area contributed by atoms with E-state index in [1.165, 1.54) is 0 Å². The SMILES string of the molecule is O=C1c2ccccc2C(=O)N1c1cccc(OCCCl)c1. The van der Waals surface area contributed by atoms with Crippen LogP contribution in [0.25, 0.3) is 0 Å². The molecular weight excluding hydrogens is 290 g/mol. The van der Waals surface area contributed by atoms with Gasteiger partial charge in [0.1, 0.15) is 12.4 Å². The zero-order valence-electron chi connectivity index (χ0n) is 11.1. The Morgan fingerprint density at radius 1 is 0.952 bits per heavy atom. The minimum absolute atomic E-state index is 0.315. The largest absolute Gasteiger partial charge is 0.492 e. The number of amides is 2. The molecule has 1 aliphatic heterocycles. The summed E-state index contributed by atoms with van der Waals surface area (Å²) in [7, 11) is 0. The summed E-state index contributed by atoms with van der Waals surface area (Å²) in [6, 6.07) is 13.7. The van der Waals surface area contributed by atoms with Gasteiger partial charge in [-0.2, -0.15) is 0 Å². The quantitative estimate of drug-likeness (QED) is 0.644. The number of rotatable bonds is 4. The topological polar surface area (TPSA) is 46.6 Å². The number of carbonyl (C=O) groups is 2. The predicted molar refractivity (Wildman–Crippen MR) is 80.2 cm³/mol. The van der Waals surface area contributed by atoms with Gasteiger partial charge in [0.2, 0.25) is 0 Å². The van der Waals surface area contributed by atoms with Crippen molar-refractivity contribution in [2.24, 2.45) is 0 Å². The smallest absolute Gasteiger partial charge is 0.266 e. The molecule has 0 unspecified atom stereocenters. The second-order valence-corrected chi connectivity index (χ2v) is 4.90. The molecule has 2 amide bonds. The standard InChI is InChI=1S/C16H12ClNO3/c17-8-9-21-12-5-3-4-11(10-12)18-15(19)13-6-1-2-7-14(13)16(18)20/h1-7,10H,8-9H2. The summed E-state index contributed by atoms with van der Waals surface area (Å²) < 4.78 is 5.42. The summed E-state index contributed by atoms with van der Waals surface area (Å²) in [5, 5.41) is 0. The lowest BCUT2D eigenvalue weighted by molar-refractivity contribution is 0.0926. The first-order valence-corrected chi connectivity index (χ1v) is 7.02. The van der Waals surface area contributed by atoms with Gasteiger partial charge in [-0.1, -0.05) is 18.2 Å². The Hall–Kier alpha value is -2.33. The molecule has 1 aliphatic rings. The Labute approximate surface area is 126 Å². The van der Waals surface area contributed by atoms with Crippen molar-refractivity contribution in [3.63, 3.8) is 0 Å². The molecule has 4 nitrogen and oxygen atoms in total. The molecule has 2 aromatic rings. The minimum atomic E-state index is -0.315. The van der Waals surface area contributed by atoms with Crippen LogP contribution in [0.3, 0.4) is 0 Å². The number of carbonyl (C=O) groups excluding carboxylic acids is 2. The third-order valence-electron chi connectivity index (χ3n) is 3.22. The van der Waals surface area contributed by atoms with E-state index >= 15 is 0 Å². The number of halogens is 1. The van der Waals surface area contributed by atoms with Crippen LogP contribution in [0.4, 0.5) is 5.69 Å². The number of anilines is 1. The molecule has 0 spiro atoms. The van der Waals surface area contributed by atoms with E-state index in [0.717, 1.165) is 4.90 Å². The third-order valence-corrected chi connectivity index (χ3v) is 3.37. The molecule has 0 aliphatic carbocycles. The van der Waals surface area contributed by atoms with Gasteiger partial charge < -0.3 is 4.74 Å². The van der Waals surface area contributed by atoms with E-state index in [1.807, 2.05) is 0 Å². The van der Waals surface area contributed by atoms with E-state index in [1.54, 1.807) is 48.5 Å². The first-order chi connectivity index (χ1) is 10.2. The van der Waals surface area contributed by atoms with Crippen LogP contribution in [-0.2, 0) is 0 Å². The van der Waals surface area contributed by atoms with E-state index in [-0.39, 0.29) is 11.8 Å². The molecule has 0 N–H and O–H groups in total. The van der Waals surface area contributed by atoms with Crippen LogP contribution in [0.1, 0.15) is 20.7 Å². The van der Waals surface area contributed by atoms with Gasteiger partial charge in [0.25, 0.3) is 11.8 Å². The van der Waals surface area contributed by atoms with Crippen LogP contribution in [0.2, 0.25) is 0 Å². The maximum atomic E-state index is 12.4. The van der Waals surface area contributed by atoms with Crippen molar-refractivity contribution < 1.29 is 14.3 Å². The van der Waals surface area contributed by atoms with Crippen LogP contribution in [0.5, 0.6) is 5.75 Å². The van der Waals surface area contributed by atoms with E-state index in [2.05, 4.69) is 0 Å². The van der Waals surface area contributed by atoms with Gasteiger partial charge in [0.15, 0.2) is 0 Å². The summed E-state index contributed by atoms with van der Waals surface area (Å²) in [5.74, 6) is 0.317. The van der Waals surface area contributed by atoms with Gasteiger partial charge in [-0.25, -0.2) is 4.90 Å². The lowest BCUT2D eigenvalue weighted by Gasteiger charge is -2.15. The zero-order chi connectivity index (χ0) is 14.8. The van der Waals surface area contributed by atoms with Crippen LogP contribution < -0.4 is 9.64 Å². The molecule has 5 heteroatoms. The Morgan fingerprint density at radius 2 is 1.62 bits per heavy atom. The molecule has 0 radical (unpaired) electrons. The molecule has 106 valence electrons. The second kappa shape index (κ2) is 5.58. The number of benzene rings is 2. The van der Waals surface area contributed by atoms with Crippen molar-refractivity contribution in [1.82, 2.24) is 0 Å². The monoisotopic (exact) mass is 301 g/mol. The number of fused-ring (bicyclic) bond motifs is 1. The lowest BCUT2D eigenvalue weighted by Crippen LogP contribution is -2.29. The Morgan fingerprint density at radius 3 is 2.24 bits per heavy atom. The highest BCUT2D eigenvalue weighted by molar-refractivity contribution is 6.34. The van der Waals surface area contributed by atoms with Crippen LogP contribution in [0.15, 0.2) is 48.5 Å². The van der Waals surface area contributed by atoms with E-state index in [4.69, 9.17) is 16.3 Å². The van der Waals surface area contributed by atoms with Gasteiger partial charge in [-0.15, -0.1) is 11.6 Å². The van der Waals surface area contributed by atoms with Crippen LogP contribution in [-0.4, -0.2) is 24.3 Å². The summed E-state index contributed by atoms with van der Waals surface area (Å²) in [6.45, 7) is 0.368. The highest BCUT2D eigenvalue weighted by atomic mass is 35.5. The number of alkyl halides is 1. The number of hydrogen-bond donors (Lipinski definition) is 0. The van der Waals surface area contributed by atoms with Crippen molar-refractivity contribution in [3.8, 4) is 5.75 Å². The molecule has 21 heavy (non-hydrogen) atoms. The van der Waals surface area contributed by atoms with Gasteiger partial charge in [0, 0.05) is 6.07 Å². The summed E-state index contributed by atoms with van der Waals surface area (Å²) in [5.41, 5.74) is 1.34. The summed E-state index contributed by atoms with van der Waals surface area (Å²) in [6.07, 6.45) is 0. The third kappa shape index (κ3) is 2.38. The lowest BCUT2D eigenvalue weighted by atomic mass is 10.1. The number of imide groups is 1. The van der Waals surface area contributed by atoms with Crippen LogP contribution in [0, 0.1) is 0 Å². The Kier molecular flexibility index (Phi) is 3.62. The first kappa shape index (κ1) is 13.6. The first-order valence-electron chi connectivity index (χ1n) is 6.49. The maximum Gasteiger partial charge on any atom is 0.266 e. The van der Waals surface area contributed by atoms with Crippen molar-refractivity contribution in [2.45, 2.75) is 0 Å². The summed E-state index contributed by atoms with van der Waals surface area (Å²) >= 11 is 5.58. The normalized spacial score (nSPS) is 13.5. The average Bonchev–Trinajstić information content (AvgIpc) is 2.78. The van der Waals surface area contributed by atoms with E-state index in [0.29, 0.717) is 35.1 Å². The average molecular weight is 302 g/mol. The highest BCUT2D eigenvalue weighted by Crippen LogP contribution is 2.30. The predicted octanol–water partition coefficient (Wildman–Crippen LogP) is 3.10. The molecular formula is C16H12ClNO3. The van der Waals surface area contributed by atoms with Crippen molar-refractivity contribution in [1.29, 1.82) is 0 Å². The fraction of sp³-hybridized carbons (Fsp3) is 0.125. The second-order valence-electron chi connectivity index (χ2n) is 4.53. The van der Waals surface area contributed by atoms with E-state index < -0.39 is 0 Å². The van der Waals surface area contributed by atoms with Crippen molar-refractivity contribution >= 4 is 29.1 Å². The minimum Gasteiger partial charge on any atom is -0.492 e. The molecule has 1 heterocycles. The fourth-order valence-corrected chi connectivity index (χ4v) is 2.37. The molecule has 0 aromatic heterocycles. The van der Waals surface area contributed by atoms with Crippen molar-refractivity contribution in [3.05, 3.63) is 59.7 Å². The molecule has 0 saturated heterocycles. The van der Waals surface area contributed by atoms with Crippen molar-refractivity contribution in [2.75, 3.05) is 17.4 Å². The highest BCUT2D eigenvalue weighted by Gasteiger charge is 2.36. The Bertz CT molecular complexity index is 679. The molecule has 3 rings (SSSR count). The Balaban J connectivity index is 1.95. The number of nitrogens with zero attached hydrogens (tertiary/aromatic N) is 1. The molecule has 2 aromatic carbocycles. The van der Waals surface area contributed by atoms with Gasteiger partial charge in [0.05, 0.1) is 22.7 Å². The number of ether oxygens (including phenoxy) is 1. The molecule has 0 fully saturated rings. The molecule has 0 atom stereocenters. The van der Waals surface area contributed by atoms with Gasteiger partial charge in [-0.05, 0) is 24.3 Å². The molecule has 0 bridgehead atoms. The van der Waals surface area contributed by atoms with Crippen LogP contribution >= 0.6 is 11.6 Å². The van der Waals surface area contributed by atoms with Gasteiger partial charge in [-0.3, -0.25) is 9.59 Å². The molecule has 0 saturated carbocycles.